The first-order chi connectivity index (χ1) is 6.72. The molecule has 1 fully saturated rings. The minimum atomic E-state index is 0.311. The highest BCUT2D eigenvalue weighted by atomic mass is 16.5. The molecule has 1 aromatic rings. The molecular weight excluding hydrogens is 174 g/mol. The Balaban J connectivity index is 2.11. The zero-order valence-electron chi connectivity index (χ0n) is 8.73. The van der Waals surface area contributed by atoms with E-state index in [0.717, 1.165) is 5.75 Å². The monoisotopic (exact) mass is 191 g/mol. The highest BCUT2D eigenvalue weighted by Crippen LogP contribution is 2.49. The molecular formula is C12H17NO. The molecule has 0 spiro atoms. The Morgan fingerprint density at radius 1 is 1.50 bits per heavy atom. The molecule has 1 saturated carbocycles. The van der Waals surface area contributed by atoms with Gasteiger partial charge in [-0.15, -0.1) is 0 Å². The number of benzene rings is 1. The van der Waals surface area contributed by atoms with Crippen LogP contribution in [0.4, 0.5) is 0 Å². The maximum atomic E-state index is 5.86. The molecule has 2 heteroatoms. The third-order valence-corrected chi connectivity index (χ3v) is 3.04. The van der Waals surface area contributed by atoms with Gasteiger partial charge in [-0.3, -0.25) is 0 Å². The van der Waals surface area contributed by atoms with Crippen LogP contribution in [0.1, 0.15) is 24.8 Å². The summed E-state index contributed by atoms with van der Waals surface area (Å²) in [7, 11) is 1.70. The normalized spacial score (nSPS) is 27.1. The Bertz CT molecular complexity index is 322. The fraction of sp³-hybridized carbons (Fsp3) is 0.500. The Hall–Kier alpha value is -1.02. The van der Waals surface area contributed by atoms with Crippen molar-refractivity contribution in [3.63, 3.8) is 0 Å². The van der Waals surface area contributed by atoms with Crippen LogP contribution in [-0.4, -0.2) is 13.2 Å². The predicted octanol–water partition coefficient (Wildman–Crippen LogP) is 2.15. The molecule has 2 nitrogen and oxygen atoms in total. The molecule has 14 heavy (non-hydrogen) atoms. The Morgan fingerprint density at radius 2 is 2.29 bits per heavy atom. The van der Waals surface area contributed by atoms with E-state index in [2.05, 4.69) is 19.1 Å². The van der Waals surface area contributed by atoms with E-state index in [1.165, 1.54) is 12.0 Å². The van der Waals surface area contributed by atoms with Gasteiger partial charge < -0.3 is 10.5 Å². The molecule has 0 bridgehead atoms. The molecule has 0 amide bonds. The number of nitrogens with two attached hydrogens (primary N) is 1. The van der Waals surface area contributed by atoms with Crippen molar-refractivity contribution in [2.24, 2.45) is 11.7 Å². The summed E-state index contributed by atoms with van der Waals surface area (Å²) in [5, 5.41) is 0. The maximum Gasteiger partial charge on any atom is 0.119 e. The molecule has 3 atom stereocenters. The Kier molecular flexibility index (Phi) is 2.46. The van der Waals surface area contributed by atoms with Crippen LogP contribution < -0.4 is 10.5 Å². The van der Waals surface area contributed by atoms with Crippen LogP contribution in [0.15, 0.2) is 24.3 Å². The van der Waals surface area contributed by atoms with Crippen LogP contribution in [-0.2, 0) is 0 Å². The first-order valence-corrected chi connectivity index (χ1v) is 5.12. The average molecular weight is 191 g/mol. The fourth-order valence-corrected chi connectivity index (χ4v) is 2.05. The van der Waals surface area contributed by atoms with Gasteiger partial charge in [0, 0.05) is 6.04 Å². The molecule has 2 N–H and O–H groups in total. The van der Waals surface area contributed by atoms with Gasteiger partial charge in [0.25, 0.3) is 0 Å². The van der Waals surface area contributed by atoms with Crippen molar-refractivity contribution >= 4 is 0 Å². The third kappa shape index (κ3) is 1.75. The van der Waals surface area contributed by atoms with Crippen molar-refractivity contribution in [2.45, 2.75) is 25.3 Å². The molecule has 76 valence electrons. The van der Waals surface area contributed by atoms with Crippen molar-refractivity contribution in [3.05, 3.63) is 29.8 Å². The third-order valence-electron chi connectivity index (χ3n) is 3.04. The van der Waals surface area contributed by atoms with E-state index < -0.39 is 0 Å². The lowest BCUT2D eigenvalue weighted by Crippen LogP contribution is -2.17. The molecule has 0 radical (unpaired) electrons. The number of hydrogen-bond acceptors (Lipinski definition) is 2. The lowest BCUT2D eigenvalue weighted by atomic mass is 10.1. The van der Waals surface area contributed by atoms with E-state index in [1.54, 1.807) is 7.11 Å². The first-order valence-electron chi connectivity index (χ1n) is 5.12. The van der Waals surface area contributed by atoms with Crippen molar-refractivity contribution in [1.29, 1.82) is 0 Å². The highest BCUT2D eigenvalue weighted by molar-refractivity contribution is 5.34. The summed E-state index contributed by atoms with van der Waals surface area (Å²) in [5.41, 5.74) is 7.23. The molecule has 1 aromatic carbocycles. The number of methoxy groups -OCH3 is 1. The summed E-state index contributed by atoms with van der Waals surface area (Å²) in [5.74, 6) is 2.27. The topological polar surface area (TPSA) is 35.2 Å². The second-order valence-electron chi connectivity index (χ2n) is 4.14. The molecule has 0 heterocycles. The van der Waals surface area contributed by atoms with Crippen LogP contribution in [0, 0.1) is 5.92 Å². The van der Waals surface area contributed by atoms with Gasteiger partial charge >= 0.3 is 0 Å². The molecule has 2 rings (SSSR count). The average Bonchev–Trinajstić information content (AvgIpc) is 2.97. The summed E-state index contributed by atoms with van der Waals surface area (Å²) < 4.78 is 5.20. The van der Waals surface area contributed by atoms with Crippen molar-refractivity contribution in [3.8, 4) is 5.75 Å². The highest BCUT2D eigenvalue weighted by Gasteiger charge is 2.40. The molecule has 0 aromatic heterocycles. The van der Waals surface area contributed by atoms with Gasteiger partial charge in [0.15, 0.2) is 0 Å². The quantitative estimate of drug-likeness (QED) is 0.794. The largest absolute Gasteiger partial charge is 0.497 e. The Labute approximate surface area is 85.1 Å². The molecule has 0 aliphatic heterocycles. The summed E-state index contributed by atoms with van der Waals surface area (Å²) in [6.45, 7) is 2.09. The van der Waals surface area contributed by atoms with Gasteiger partial charge in [-0.1, -0.05) is 12.1 Å². The summed E-state index contributed by atoms with van der Waals surface area (Å²) in [4.78, 5) is 0. The minimum Gasteiger partial charge on any atom is -0.497 e. The van der Waals surface area contributed by atoms with Crippen LogP contribution in [0.3, 0.4) is 0 Å². The minimum absolute atomic E-state index is 0.311. The van der Waals surface area contributed by atoms with Crippen LogP contribution >= 0.6 is 0 Å². The zero-order chi connectivity index (χ0) is 10.1. The smallest absolute Gasteiger partial charge is 0.119 e. The molecule has 1 aliphatic carbocycles. The van der Waals surface area contributed by atoms with Crippen LogP contribution in [0.25, 0.3) is 0 Å². The Morgan fingerprint density at radius 3 is 2.86 bits per heavy atom. The number of ether oxygens (including phenoxy) is 1. The second kappa shape index (κ2) is 3.62. The lowest BCUT2D eigenvalue weighted by Gasteiger charge is -2.05. The molecule has 0 saturated heterocycles. The van der Waals surface area contributed by atoms with E-state index in [9.17, 15) is 0 Å². The van der Waals surface area contributed by atoms with Gasteiger partial charge in [-0.2, -0.15) is 0 Å². The maximum absolute atomic E-state index is 5.86. The van der Waals surface area contributed by atoms with Crippen LogP contribution in [0.2, 0.25) is 0 Å². The standard InChI is InChI=1S/C12H17NO/c1-8(13)11-7-12(11)9-4-3-5-10(6-9)14-2/h3-6,8,11-12H,7,13H2,1-2H3/t8-,11-,12-/m1/s1. The van der Waals surface area contributed by atoms with Crippen molar-refractivity contribution in [1.82, 2.24) is 0 Å². The fourth-order valence-electron chi connectivity index (χ4n) is 2.05. The van der Waals surface area contributed by atoms with E-state index in [0.29, 0.717) is 17.9 Å². The summed E-state index contributed by atoms with van der Waals surface area (Å²) >= 11 is 0. The van der Waals surface area contributed by atoms with E-state index in [1.807, 2.05) is 12.1 Å². The number of rotatable bonds is 3. The van der Waals surface area contributed by atoms with E-state index >= 15 is 0 Å². The number of hydrogen-bond donors (Lipinski definition) is 1. The van der Waals surface area contributed by atoms with Gasteiger partial charge in [-0.25, -0.2) is 0 Å². The van der Waals surface area contributed by atoms with Crippen molar-refractivity contribution < 1.29 is 4.74 Å². The first kappa shape index (κ1) is 9.53. The van der Waals surface area contributed by atoms with Gasteiger partial charge in [0.1, 0.15) is 5.75 Å². The molecule has 0 unspecified atom stereocenters. The van der Waals surface area contributed by atoms with Gasteiger partial charge in [-0.05, 0) is 42.9 Å². The van der Waals surface area contributed by atoms with Gasteiger partial charge in [0.05, 0.1) is 7.11 Å². The zero-order valence-corrected chi connectivity index (χ0v) is 8.73. The summed E-state index contributed by atoms with van der Waals surface area (Å²) in [6, 6.07) is 8.62. The SMILES string of the molecule is COc1cccc([C@H]2C[C@@H]2[C@@H](C)N)c1. The van der Waals surface area contributed by atoms with Crippen molar-refractivity contribution in [2.75, 3.05) is 7.11 Å². The summed E-state index contributed by atoms with van der Waals surface area (Å²) in [6.07, 6.45) is 1.23. The van der Waals surface area contributed by atoms with Crippen LogP contribution in [0.5, 0.6) is 5.75 Å². The van der Waals surface area contributed by atoms with E-state index in [-0.39, 0.29) is 0 Å². The van der Waals surface area contributed by atoms with E-state index in [4.69, 9.17) is 10.5 Å². The lowest BCUT2D eigenvalue weighted by molar-refractivity contribution is 0.414. The molecule has 1 aliphatic rings. The van der Waals surface area contributed by atoms with Gasteiger partial charge in [0.2, 0.25) is 0 Å². The second-order valence-corrected chi connectivity index (χ2v) is 4.14. The predicted molar refractivity (Wildman–Crippen MR) is 57.5 cm³/mol.